The molecular weight excluding hydrogens is 340 g/mol. The van der Waals surface area contributed by atoms with Crippen molar-refractivity contribution in [2.75, 3.05) is 26.2 Å². The number of hydrogen-bond acceptors (Lipinski definition) is 6. The summed E-state index contributed by atoms with van der Waals surface area (Å²) in [5.41, 5.74) is 1.33. The minimum atomic E-state index is -0.0497. The molecule has 3 aromatic rings. The third-order valence-corrected chi connectivity index (χ3v) is 5.19. The Morgan fingerprint density at radius 2 is 2.08 bits per heavy atom. The molecule has 1 aliphatic rings. The molecule has 1 saturated heterocycles. The first-order valence-corrected chi connectivity index (χ1v) is 8.93. The first-order valence-electron chi connectivity index (χ1n) is 8.05. The van der Waals surface area contributed by atoms with Gasteiger partial charge in [-0.1, -0.05) is 0 Å². The standard InChI is InChI=1S/C16H18N6O2S/c1-19-11-17-9-13(19)15(24)21-4-2-20(3-5-21)10-12-8-14(23)22-6-7-25-16(22)18-12/h6-9,11H,2-5,10H2,1H3. The van der Waals surface area contributed by atoms with Crippen molar-refractivity contribution < 1.29 is 4.79 Å². The van der Waals surface area contributed by atoms with Crippen LogP contribution in [0.3, 0.4) is 0 Å². The first-order chi connectivity index (χ1) is 12.1. The smallest absolute Gasteiger partial charge is 0.272 e. The Morgan fingerprint density at radius 3 is 2.80 bits per heavy atom. The highest BCUT2D eigenvalue weighted by molar-refractivity contribution is 7.15. The van der Waals surface area contributed by atoms with Crippen molar-refractivity contribution in [2.24, 2.45) is 7.05 Å². The van der Waals surface area contributed by atoms with Gasteiger partial charge in [0.1, 0.15) is 5.69 Å². The summed E-state index contributed by atoms with van der Waals surface area (Å²) < 4.78 is 3.29. The number of piperazine rings is 1. The van der Waals surface area contributed by atoms with Gasteiger partial charge >= 0.3 is 0 Å². The van der Waals surface area contributed by atoms with Crippen molar-refractivity contribution in [2.45, 2.75) is 6.54 Å². The largest absolute Gasteiger partial charge is 0.335 e. The number of imidazole rings is 1. The van der Waals surface area contributed by atoms with E-state index in [-0.39, 0.29) is 11.5 Å². The zero-order valence-corrected chi connectivity index (χ0v) is 14.6. The van der Waals surface area contributed by atoms with Gasteiger partial charge in [-0.15, -0.1) is 11.3 Å². The fraction of sp³-hybridized carbons (Fsp3) is 0.375. The van der Waals surface area contributed by atoms with Crippen LogP contribution in [0.2, 0.25) is 0 Å². The van der Waals surface area contributed by atoms with Gasteiger partial charge in [0, 0.05) is 57.4 Å². The molecule has 0 aromatic carbocycles. The average Bonchev–Trinajstić information content (AvgIpc) is 3.24. The number of carbonyl (C=O) groups is 1. The van der Waals surface area contributed by atoms with Crippen LogP contribution < -0.4 is 5.56 Å². The fourth-order valence-corrected chi connectivity index (χ4v) is 3.77. The van der Waals surface area contributed by atoms with Gasteiger partial charge in [0.2, 0.25) is 0 Å². The summed E-state index contributed by atoms with van der Waals surface area (Å²) in [4.78, 5) is 37.9. The molecule has 0 spiro atoms. The van der Waals surface area contributed by atoms with E-state index in [1.807, 2.05) is 17.3 Å². The summed E-state index contributed by atoms with van der Waals surface area (Å²) in [5.74, 6) is 0.0102. The molecule has 9 heteroatoms. The van der Waals surface area contributed by atoms with Gasteiger partial charge in [-0.05, 0) is 0 Å². The maximum Gasteiger partial charge on any atom is 0.272 e. The number of aryl methyl sites for hydroxylation is 1. The van der Waals surface area contributed by atoms with E-state index in [1.54, 1.807) is 33.8 Å². The van der Waals surface area contributed by atoms with E-state index in [9.17, 15) is 9.59 Å². The molecule has 0 aliphatic carbocycles. The van der Waals surface area contributed by atoms with Gasteiger partial charge < -0.3 is 9.47 Å². The Kier molecular flexibility index (Phi) is 4.10. The lowest BCUT2D eigenvalue weighted by atomic mass is 10.2. The lowest BCUT2D eigenvalue weighted by Gasteiger charge is -2.34. The molecule has 0 unspecified atom stereocenters. The van der Waals surface area contributed by atoms with E-state index in [1.165, 1.54) is 11.3 Å². The zero-order chi connectivity index (χ0) is 17.4. The Bertz CT molecular complexity index is 966. The minimum absolute atomic E-state index is 0.0102. The Morgan fingerprint density at radius 1 is 1.28 bits per heavy atom. The normalized spacial score (nSPS) is 15.8. The summed E-state index contributed by atoms with van der Waals surface area (Å²) >= 11 is 1.45. The number of thiazole rings is 1. The molecule has 0 atom stereocenters. The predicted molar refractivity (Wildman–Crippen MR) is 93.7 cm³/mol. The van der Waals surface area contributed by atoms with E-state index in [0.29, 0.717) is 30.3 Å². The van der Waals surface area contributed by atoms with Crippen LogP contribution in [0.25, 0.3) is 4.96 Å². The number of fused-ring (bicyclic) bond motifs is 1. The van der Waals surface area contributed by atoms with Gasteiger partial charge in [-0.25, -0.2) is 9.97 Å². The van der Waals surface area contributed by atoms with Gasteiger partial charge in [-0.3, -0.25) is 18.9 Å². The average molecular weight is 358 g/mol. The second-order valence-electron chi connectivity index (χ2n) is 6.10. The number of rotatable bonds is 3. The molecule has 0 bridgehead atoms. The molecule has 1 fully saturated rings. The summed E-state index contributed by atoms with van der Waals surface area (Å²) in [7, 11) is 1.82. The molecule has 4 heterocycles. The lowest BCUT2D eigenvalue weighted by Crippen LogP contribution is -2.48. The number of amides is 1. The van der Waals surface area contributed by atoms with E-state index in [2.05, 4.69) is 14.9 Å². The summed E-state index contributed by atoms with van der Waals surface area (Å²) in [6.45, 7) is 3.45. The third kappa shape index (κ3) is 3.08. The second kappa shape index (κ2) is 6.41. The number of carbonyl (C=O) groups excluding carboxylic acids is 1. The van der Waals surface area contributed by atoms with Crippen LogP contribution in [0.4, 0.5) is 0 Å². The molecule has 4 rings (SSSR count). The highest BCUT2D eigenvalue weighted by atomic mass is 32.1. The van der Waals surface area contributed by atoms with E-state index >= 15 is 0 Å². The van der Waals surface area contributed by atoms with Gasteiger partial charge in [0.15, 0.2) is 4.96 Å². The molecule has 8 nitrogen and oxygen atoms in total. The highest BCUT2D eigenvalue weighted by Crippen LogP contribution is 2.12. The Hall–Kier alpha value is -2.52. The van der Waals surface area contributed by atoms with Gasteiger partial charge in [0.05, 0.1) is 18.2 Å². The van der Waals surface area contributed by atoms with Crippen molar-refractivity contribution >= 4 is 22.2 Å². The van der Waals surface area contributed by atoms with Crippen LogP contribution >= 0.6 is 11.3 Å². The molecule has 3 aromatic heterocycles. The summed E-state index contributed by atoms with van der Waals surface area (Å²) in [6.07, 6.45) is 4.97. The van der Waals surface area contributed by atoms with Crippen molar-refractivity contribution in [3.05, 3.63) is 51.9 Å². The zero-order valence-electron chi connectivity index (χ0n) is 13.8. The van der Waals surface area contributed by atoms with Crippen molar-refractivity contribution in [3.8, 4) is 0 Å². The quantitative estimate of drug-likeness (QED) is 0.679. The summed E-state index contributed by atoms with van der Waals surface area (Å²) in [5, 5.41) is 1.86. The number of nitrogens with zero attached hydrogens (tertiary/aromatic N) is 6. The predicted octanol–water partition coefficient (Wildman–Crippen LogP) is 0.447. The Balaban J connectivity index is 1.41. The van der Waals surface area contributed by atoms with Crippen LogP contribution in [-0.4, -0.2) is 60.8 Å². The van der Waals surface area contributed by atoms with Gasteiger partial charge in [0.25, 0.3) is 11.5 Å². The minimum Gasteiger partial charge on any atom is -0.335 e. The van der Waals surface area contributed by atoms with Crippen molar-refractivity contribution in [3.63, 3.8) is 0 Å². The van der Waals surface area contributed by atoms with Gasteiger partial charge in [-0.2, -0.15) is 0 Å². The molecule has 0 radical (unpaired) electrons. The SMILES string of the molecule is Cn1cncc1C(=O)N1CCN(Cc2cc(=O)n3ccsc3n2)CC1. The van der Waals surface area contributed by atoms with Crippen LogP contribution in [0.15, 0.2) is 35.0 Å². The topological polar surface area (TPSA) is 75.7 Å². The van der Waals surface area contributed by atoms with Crippen LogP contribution in [0.5, 0.6) is 0 Å². The van der Waals surface area contributed by atoms with E-state index in [4.69, 9.17) is 0 Å². The highest BCUT2D eigenvalue weighted by Gasteiger charge is 2.24. The first kappa shape index (κ1) is 16.0. The maximum atomic E-state index is 12.5. The molecule has 1 amide bonds. The maximum absolute atomic E-state index is 12.5. The van der Waals surface area contributed by atoms with E-state index in [0.717, 1.165) is 18.8 Å². The van der Waals surface area contributed by atoms with Crippen molar-refractivity contribution in [1.82, 2.24) is 28.7 Å². The van der Waals surface area contributed by atoms with Crippen LogP contribution in [0, 0.1) is 0 Å². The number of hydrogen-bond donors (Lipinski definition) is 0. The number of aromatic nitrogens is 4. The van der Waals surface area contributed by atoms with E-state index < -0.39 is 0 Å². The molecule has 0 saturated carbocycles. The monoisotopic (exact) mass is 358 g/mol. The molecule has 130 valence electrons. The van der Waals surface area contributed by atoms with Crippen LogP contribution in [0.1, 0.15) is 16.2 Å². The molecule has 1 aliphatic heterocycles. The fourth-order valence-electron chi connectivity index (χ4n) is 3.03. The third-order valence-electron chi connectivity index (χ3n) is 4.44. The second-order valence-corrected chi connectivity index (χ2v) is 6.97. The molecule has 25 heavy (non-hydrogen) atoms. The van der Waals surface area contributed by atoms with Crippen LogP contribution in [-0.2, 0) is 13.6 Å². The molecular formula is C16H18N6O2S. The Labute approximate surface area is 148 Å². The molecule has 0 N–H and O–H groups in total. The lowest BCUT2D eigenvalue weighted by molar-refractivity contribution is 0.0618. The van der Waals surface area contributed by atoms with Crippen molar-refractivity contribution in [1.29, 1.82) is 0 Å². The summed E-state index contributed by atoms with van der Waals surface area (Å²) in [6, 6.07) is 1.59.